The van der Waals surface area contributed by atoms with E-state index in [-0.39, 0.29) is 0 Å². The molecule has 0 amide bonds. The molecule has 0 aromatic carbocycles. The molecule has 0 N–H and O–H groups in total. The van der Waals surface area contributed by atoms with E-state index in [1.54, 1.807) is 0 Å². The smallest absolute Gasteiger partial charge is 0.146 e. The Morgan fingerprint density at radius 3 is 1.60 bits per heavy atom. The van der Waals surface area contributed by atoms with Crippen LogP contribution in [0, 0.1) is 5.92 Å². The second-order valence-electron chi connectivity index (χ2n) is 3.51. The van der Waals surface area contributed by atoms with E-state index >= 15 is 0 Å². The Morgan fingerprint density at radius 2 is 1.50 bits per heavy atom. The molecular weight excluding hydrogens is 183 g/mol. The van der Waals surface area contributed by atoms with Crippen molar-refractivity contribution in [2.45, 2.75) is 39.3 Å². The summed E-state index contributed by atoms with van der Waals surface area (Å²) in [7, 11) is 0. The zero-order valence-corrected chi connectivity index (χ0v) is 9.63. The van der Waals surface area contributed by atoms with E-state index in [9.17, 15) is 0 Å². The Labute approximate surface area is 74.3 Å². The Kier molecular flexibility index (Phi) is 4.30. The van der Waals surface area contributed by atoms with Crippen molar-refractivity contribution in [3.63, 3.8) is 0 Å². The van der Waals surface area contributed by atoms with E-state index in [1.807, 2.05) is 0 Å². The number of rotatable bonds is 3. The van der Waals surface area contributed by atoms with Gasteiger partial charge in [-0.1, -0.05) is 27.7 Å². The highest BCUT2D eigenvalue weighted by atomic mass is 35.7. The lowest BCUT2D eigenvalue weighted by Gasteiger charge is -2.22. The number of halogens is 2. The van der Waals surface area contributed by atoms with Crippen molar-refractivity contribution in [3.8, 4) is 0 Å². The van der Waals surface area contributed by atoms with Crippen molar-refractivity contribution in [2.24, 2.45) is 5.92 Å². The highest BCUT2D eigenvalue weighted by Gasteiger charge is 2.32. The Balaban J connectivity index is 3.87. The van der Waals surface area contributed by atoms with Crippen LogP contribution in [-0.2, 0) is 0 Å². The molecule has 0 saturated carbocycles. The minimum absolute atomic E-state index is 0.471. The van der Waals surface area contributed by atoms with Crippen LogP contribution in [0.5, 0.6) is 0 Å². The van der Waals surface area contributed by atoms with E-state index < -0.39 is 6.69 Å². The molecule has 0 radical (unpaired) electrons. The zero-order chi connectivity index (χ0) is 8.36. The van der Waals surface area contributed by atoms with E-state index in [2.05, 4.69) is 27.7 Å². The molecule has 0 aliphatic heterocycles. The number of hydrogen-bond donors (Lipinski definition) is 0. The quantitative estimate of drug-likeness (QED) is 0.476. The fraction of sp³-hybridized carbons (Fsp3) is 1.00. The fourth-order valence-corrected chi connectivity index (χ4v) is 4.19. The third-order valence-electron chi connectivity index (χ3n) is 1.53. The molecule has 0 fully saturated rings. The monoisotopic (exact) mass is 198 g/mol. The van der Waals surface area contributed by atoms with Crippen molar-refractivity contribution in [2.75, 3.05) is 0 Å². The maximum Gasteiger partial charge on any atom is 0.254 e. The Morgan fingerprint density at radius 1 is 1.10 bits per heavy atom. The van der Waals surface area contributed by atoms with Gasteiger partial charge in [-0.2, -0.15) is 0 Å². The normalized spacial score (nSPS) is 13.2. The van der Waals surface area contributed by atoms with Crippen LogP contribution in [0.4, 0.5) is 0 Å². The van der Waals surface area contributed by atoms with Gasteiger partial charge in [-0.05, 0) is 17.5 Å². The van der Waals surface area contributed by atoms with Crippen LogP contribution < -0.4 is 0 Å². The summed E-state index contributed by atoms with van der Waals surface area (Å²) in [6.07, 6.45) is 0. The average molecular weight is 199 g/mol. The first-order valence-corrected chi connectivity index (χ1v) is 8.05. The summed E-state index contributed by atoms with van der Waals surface area (Å²) in [5.74, 6) is 0.629. The van der Waals surface area contributed by atoms with Crippen molar-refractivity contribution >= 4 is 28.9 Å². The van der Waals surface area contributed by atoms with E-state index in [0.29, 0.717) is 11.5 Å². The molecule has 0 heterocycles. The van der Waals surface area contributed by atoms with Gasteiger partial charge >= 0.3 is 0 Å². The van der Waals surface area contributed by atoms with Gasteiger partial charge in [0.15, 0.2) is 0 Å². The third kappa shape index (κ3) is 3.84. The topological polar surface area (TPSA) is 0 Å². The van der Waals surface area contributed by atoms with Crippen LogP contribution in [0.3, 0.4) is 0 Å². The predicted molar refractivity (Wildman–Crippen MR) is 52.2 cm³/mol. The van der Waals surface area contributed by atoms with Crippen LogP contribution >= 0.6 is 22.2 Å². The summed E-state index contributed by atoms with van der Waals surface area (Å²) in [6, 6.07) is 1.01. The standard InChI is InChI=1S/C7H16Cl2Si/c1-6(2)5-10(8,9)7(3)4/h6-7H,5H2,1-4H3. The summed E-state index contributed by atoms with van der Waals surface area (Å²) < 4.78 is 0. The Bertz CT molecular complexity index is 99.8. The molecule has 0 aromatic rings. The molecule has 3 heteroatoms. The van der Waals surface area contributed by atoms with Gasteiger partial charge in [0.05, 0.1) is 0 Å². The van der Waals surface area contributed by atoms with Gasteiger partial charge in [0.1, 0.15) is 0 Å². The zero-order valence-electron chi connectivity index (χ0n) is 7.12. The predicted octanol–water partition coefficient (Wildman–Crippen LogP) is 3.97. The lowest BCUT2D eigenvalue weighted by molar-refractivity contribution is 0.720. The molecule has 0 nitrogen and oxygen atoms in total. The SMILES string of the molecule is CC(C)C[Si](Cl)(Cl)C(C)C. The first-order chi connectivity index (χ1) is 4.36. The van der Waals surface area contributed by atoms with Gasteiger partial charge in [-0.25, -0.2) is 0 Å². The Hall–Kier alpha value is 0.797. The fourth-order valence-electron chi connectivity index (χ4n) is 0.780. The van der Waals surface area contributed by atoms with Gasteiger partial charge in [0.25, 0.3) is 6.69 Å². The molecule has 0 aromatic heterocycles. The second-order valence-corrected chi connectivity index (χ2v) is 11.2. The molecule has 62 valence electrons. The van der Waals surface area contributed by atoms with E-state index in [1.165, 1.54) is 0 Å². The second kappa shape index (κ2) is 3.98. The van der Waals surface area contributed by atoms with Crippen molar-refractivity contribution in [3.05, 3.63) is 0 Å². The van der Waals surface area contributed by atoms with Gasteiger partial charge in [0.2, 0.25) is 0 Å². The molecule has 0 saturated heterocycles. The van der Waals surface area contributed by atoms with Gasteiger partial charge in [-0.15, -0.1) is 22.2 Å². The summed E-state index contributed by atoms with van der Waals surface area (Å²) >= 11 is 12.3. The highest BCUT2D eigenvalue weighted by Crippen LogP contribution is 2.35. The van der Waals surface area contributed by atoms with E-state index in [0.717, 1.165) is 6.04 Å². The van der Waals surface area contributed by atoms with Gasteiger partial charge in [-0.3, -0.25) is 0 Å². The van der Waals surface area contributed by atoms with Crippen molar-refractivity contribution in [1.82, 2.24) is 0 Å². The van der Waals surface area contributed by atoms with Gasteiger partial charge in [0, 0.05) is 0 Å². The van der Waals surface area contributed by atoms with Crippen LogP contribution in [0.2, 0.25) is 11.6 Å². The molecule has 0 aliphatic rings. The number of hydrogen-bond acceptors (Lipinski definition) is 0. The summed E-state index contributed by atoms with van der Waals surface area (Å²) in [5, 5.41) is 0. The van der Waals surface area contributed by atoms with Gasteiger partial charge < -0.3 is 0 Å². The lowest BCUT2D eigenvalue weighted by Crippen LogP contribution is -2.25. The van der Waals surface area contributed by atoms with Crippen LogP contribution in [0.1, 0.15) is 27.7 Å². The molecule has 0 bridgehead atoms. The highest BCUT2D eigenvalue weighted by molar-refractivity contribution is 7.45. The third-order valence-corrected chi connectivity index (χ3v) is 8.12. The van der Waals surface area contributed by atoms with Crippen LogP contribution in [-0.4, -0.2) is 6.69 Å². The average Bonchev–Trinajstić information content (AvgIpc) is 1.60. The molecule has 0 atom stereocenters. The minimum Gasteiger partial charge on any atom is -0.146 e. The van der Waals surface area contributed by atoms with Crippen molar-refractivity contribution < 1.29 is 0 Å². The van der Waals surface area contributed by atoms with Crippen LogP contribution in [0.15, 0.2) is 0 Å². The molecule has 0 rings (SSSR count). The molecule has 0 spiro atoms. The lowest BCUT2D eigenvalue weighted by atomic mass is 10.3. The maximum absolute atomic E-state index is 6.17. The summed E-state index contributed by atoms with van der Waals surface area (Å²) in [5.41, 5.74) is 0.471. The molecule has 0 unspecified atom stereocenters. The van der Waals surface area contributed by atoms with Crippen LogP contribution in [0.25, 0.3) is 0 Å². The molecule has 10 heavy (non-hydrogen) atoms. The summed E-state index contributed by atoms with van der Waals surface area (Å²) in [4.78, 5) is 0. The molecule has 0 aliphatic carbocycles. The molecular formula is C7H16Cl2Si. The minimum atomic E-state index is -1.90. The summed E-state index contributed by atoms with van der Waals surface area (Å²) in [6.45, 7) is 6.64. The van der Waals surface area contributed by atoms with E-state index in [4.69, 9.17) is 22.2 Å². The first-order valence-electron chi connectivity index (χ1n) is 3.74. The largest absolute Gasteiger partial charge is 0.254 e. The van der Waals surface area contributed by atoms with Crippen molar-refractivity contribution in [1.29, 1.82) is 0 Å². The maximum atomic E-state index is 6.17. The first kappa shape index (κ1) is 10.8.